The first-order valence-corrected chi connectivity index (χ1v) is 4.63. The molecule has 0 radical (unpaired) electrons. The molecule has 0 saturated carbocycles. The van der Waals surface area contributed by atoms with Crippen LogP contribution < -0.4 is 5.32 Å². The molecule has 5 heteroatoms. The number of likely N-dealkylation sites (N-methyl/N-ethyl adjacent to an activating group) is 1. The van der Waals surface area contributed by atoms with Gasteiger partial charge in [-0.3, -0.25) is 4.79 Å². The molecule has 0 aliphatic carbocycles. The number of amides is 3. The van der Waals surface area contributed by atoms with E-state index in [1.165, 1.54) is 4.90 Å². The minimum atomic E-state index is -0.477. The van der Waals surface area contributed by atoms with E-state index in [-0.39, 0.29) is 11.9 Å². The van der Waals surface area contributed by atoms with Crippen molar-refractivity contribution in [2.75, 3.05) is 27.7 Å². The van der Waals surface area contributed by atoms with Crippen molar-refractivity contribution < 1.29 is 9.59 Å². The smallest absolute Gasteiger partial charge is 0.317 e. The summed E-state index contributed by atoms with van der Waals surface area (Å²) in [7, 11) is 4.98. The van der Waals surface area contributed by atoms with E-state index < -0.39 is 6.04 Å². The van der Waals surface area contributed by atoms with Gasteiger partial charge >= 0.3 is 6.03 Å². The van der Waals surface area contributed by atoms with Crippen LogP contribution >= 0.6 is 0 Å². The van der Waals surface area contributed by atoms with Gasteiger partial charge in [0.2, 0.25) is 5.91 Å². The summed E-state index contributed by atoms with van der Waals surface area (Å²) in [6, 6.07) is -0.731. The molecule has 0 fully saturated rings. The number of carbonyl (C=O) groups excluding carboxylic acids is 2. The van der Waals surface area contributed by atoms with Gasteiger partial charge in [0.15, 0.2) is 0 Å². The van der Waals surface area contributed by atoms with Crippen LogP contribution in [-0.4, -0.2) is 55.5 Å². The first-order chi connectivity index (χ1) is 6.40. The lowest BCUT2D eigenvalue weighted by atomic mass is 10.3. The largest absolute Gasteiger partial charge is 0.344 e. The molecule has 0 heterocycles. The summed E-state index contributed by atoms with van der Waals surface area (Å²) in [5.41, 5.74) is 0. The van der Waals surface area contributed by atoms with E-state index in [0.29, 0.717) is 6.54 Å². The van der Waals surface area contributed by atoms with Crippen molar-refractivity contribution in [2.45, 2.75) is 19.9 Å². The van der Waals surface area contributed by atoms with E-state index >= 15 is 0 Å². The highest BCUT2D eigenvalue weighted by molar-refractivity contribution is 5.86. The third-order valence-corrected chi connectivity index (χ3v) is 1.97. The van der Waals surface area contributed by atoms with Crippen LogP contribution in [0.15, 0.2) is 0 Å². The first kappa shape index (κ1) is 12.7. The van der Waals surface area contributed by atoms with Gasteiger partial charge in [-0.15, -0.1) is 0 Å². The Morgan fingerprint density at radius 3 is 2.14 bits per heavy atom. The van der Waals surface area contributed by atoms with Crippen molar-refractivity contribution in [3.8, 4) is 0 Å². The van der Waals surface area contributed by atoms with E-state index in [0.717, 1.165) is 0 Å². The van der Waals surface area contributed by atoms with E-state index in [4.69, 9.17) is 0 Å². The summed E-state index contributed by atoms with van der Waals surface area (Å²) in [6.07, 6.45) is 0. The number of nitrogens with one attached hydrogen (secondary N) is 1. The number of nitrogens with zero attached hydrogens (tertiary/aromatic N) is 2. The summed E-state index contributed by atoms with van der Waals surface area (Å²) in [5.74, 6) is -0.0808. The molecule has 0 aliphatic rings. The highest BCUT2D eigenvalue weighted by Crippen LogP contribution is 1.92. The Labute approximate surface area is 85.1 Å². The van der Waals surface area contributed by atoms with E-state index in [1.807, 2.05) is 6.92 Å². The average Bonchev–Trinajstić information content (AvgIpc) is 2.14. The summed E-state index contributed by atoms with van der Waals surface area (Å²) in [6.45, 7) is 4.20. The van der Waals surface area contributed by atoms with Crippen LogP contribution in [-0.2, 0) is 4.79 Å². The Bertz CT molecular complexity index is 216. The van der Waals surface area contributed by atoms with Crippen molar-refractivity contribution in [1.82, 2.24) is 15.1 Å². The van der Waals surface area contributed by atoms with Crippen LogP contribution in [0.4, 0.5) is 4.79 Å². The Kier molecular flexibility index (Phi) is 4.97. The number of urea groups is 1. The summed E-state index contributed by atoms with van der Waals surface area (Å²) < 4.78 is 0. The molecule has 0 spiro atoms. The van der Waals surface area contributed by atoms with Crippen LogP contribution in [0.25, 0.3) is 0 Å². The van der Waals surface area contributed by atoms with Gasteiger partial charge in [0.25, 0.3) is 0 Å². The van der Waals surface area contributed by atoms with Gasteiger partial charge in [0.05, 0.1) is 0 Å². The monoisotopic (exact) mass is 201 g/mol. The Balaban J connectivity index is 4.14. The normalized spacial score (nSPS) is 11.8. The van der Waals surface area contributed by atoms with Gasteiger partial charge in [-0.05, 0) is 13.8 Å². The SMILES string of the molecule is CCN(C)C(=O)C(C)NC(=O)N(C)C. The molecule has 1 N–H and O–H groups in total. The van der Waals surface area contributed by atoms with Crippen LogP contribution in [0.1, 0.15) is 13.8 Å². The number of rotatable bonds is 3. The second-order valence-corrected chi connectivity index (χ2v) is 3.42. The lowest BCUT2D eigenvalue weighted by Crippen LogP contribution is -2.48. The van der Waals surface area contributed by atoms with E-state index in [1.54, 1.807) is 33.0 Å². The van der Waals surface area contributed by atoms with Crippen molar-refractivity contribution in [2.24, 2.45) is 0 Å². The molecule has 0 saturated heterocycles. The van der Waals surface area contributed by atoms with Crippen LogP contribution in [0.3, 0.4) is 0 Å². The lowest BCUT2D eigenvalue weighted by Gasteiger charge is -2.22. The predicted molar refractivity (Wildman–Crippen MR) is 55.0 cm³/mol. The lowest BCUT2D eigenvalue weighted by molar-refractivity contribution is -0.131. The fourth-order valence-electron chi connectivity index (χ4n) is 0.862. The van der Waals surface area contributed by atoms with Crippen LogP contribution in [0.2, 0.25) is 0 Å². The highest BCUT2D eigenvalue weighted by Gasteiger charge is 2.18. The number of hydrogen-bond acceptors (Lipinski definition) is 2. The van der Waals surface area contributed by atoms with E-state index in [9.17, 15) is 9.59 Å². The zero-order valence-electron chi connectivity index (χ0n) is 9.50. The van der Waals surface area contributed by atoms with Gasteiger partial charge in [-0.2, -0.15) is 0 Å². The van der Waals surface area contributed by atoms with Crippen LogP contribution in [0, 0.1) is 0 Å². The third kappa shape index (κ3) is 3.64. The standard InChI is InChI=1S/C9H19N3O2/c1-6-12(5)8(13)7(2)10-9(14)11(3)4/h7H,6H2,1-5H3,(H,10,14). The molecule has 0 aliphatic heterocycles. The molecule has 0 aromatic rings. The zero-order chi connectivity index (χ0) is 11.3. The molecular weight excluding hydrogens is 182 g/mol. The highest BCUT2D eigenvalue weighted by atomic mass is 16.2. The maximum absolute atomic E-state index is 11.5. The molecule has 0 bridgehead atoms. The molecule has 5 nitrogen and oxygen atoms in total. The zero-order valence-corrected chi connectivity index (χ0v) is 9.50. The Morgan fingerprint density at radius 1 is 1.29 bits per heavy atom. The summed E-state index contributed by atoms with van der Waals surface area (Å²) in [4.78, 5) is 25.7. The topological polar surface area (TPSA) is 52.7 Å². The molecule has 0 rings (SSSR count). The van der Waals surface area contributed by atoms with Gasteiger partial charge in [-0.1, -0.05) is 0 Å². The summed E-state index contributed by atoms with van der Waals surface area (Å²) in [5, 5.41) is 2.59. The fourth-order valence-corrected chi connectivity index (χ4v) is 0.862. The van der Waals surface area contributed by atoms with Gasteiger partial charge in [-0.25, -0.2) is 4.79 Å². The molecule has 1 unspecified atom stereocenters. The maximum atomic E-state index is 11.5. The maximum Gasteiger partial charge on any atom is 0.317 e. The molecule has 0 aromatic heterocycles. The molecule has 1 atom stereocenters. The third-order valence-electron chi connectivity index (χ3n) is 1.97. The minimum Gasteiger partial charge on any atom is -0.344 e. The van der Waals surface area contributed by atoms with Crippen molar-refractivity contribution >= 4 is 11.9 Å². The first-order valence-electron chi connectivity index (χ1n) is 4.63. The predicted octanol–water partition coefficient (Wildman–Crippen LogP) is 0.124. The van der Waals surface area contributed by atoms with Gasteiger partial charge in [0, 0.05) is 27.7 Å². The second kappa shape index (κ2) is 5.47. The van der Waals surface area contributed by atoms with Crippen molar-refractivity contribution in [1.29, 1.82) is 0 Å². The van der Waals surface area contributed by atoms with Crippen LogP contribution in [0.5, 0.6) is 0 Å². The second-order valence-electron chi connectivity index (χ2n) is 3.42. The number of carbonyl (C=O) groups is 2. The average molecular weight is 201 g/mol. The molecule has 0 aromatic carbocycles. The molecule has 82 valence electrons. The fraction of sp³-hybridized carbons (Fsp3) is 0.778. The molecule has 3 amide bonds. The van der Waals surface area contributed by atoms with E-state index in [2.05, 4.69) is 5.32 Å². The Hall–Kier alpha value is -1.26. The Morgan fingerprint density at radius 2 is 1.79 bits per heavy atom. The van der Waals surface area contributed by atoms with Gasteiger partial charge in [0.1, 0.15) is 6.04 Å². The quantitative estimate of drug-likeness (QED) is 0.705. The van der Waals surface area contributed by atoms with Gasteiger partial charge < -0.3 is 15.1 Å². The molecular formula is C9H19N3O2. The number of hydrogen-bond donors (Lipinski definition) is 1. The molecule has 14 heavy (non-hydrogen) atoms. The summed E-state index contributed by atoms with van der Waals surface area (Å²) >= 11 is 0. The van der Waals surface area contributed by atoms with Crippen molar-refractivity contribution in [3.05, 3.63) is 0 Å². The minimum absolute atomic E-state index is 0.0808. The van der Waals surface area contributed by atoms with Crippen molar-refractivity contribution in [3.63, 3.8) is 0 Å².